The van der Waals surface area contributed by atoms with E-state index in [2.05, 4.69) is 17.6 Å². The lowest BCUT2D eigenvalue weighted by atomic mass is 9.86. The quantitative estimate of drug-likeness (QED) is 0.768. The molecule has 0 unspecified atom stereocenters. The number of benzene rings is 1. The Hall–Kier alpha value is -2.09. The first-order valence-corrected chi connectivity index (χ1v) is 9.56. The van der Waals surface area contributed by atoms with E-state index in [1.807, 2.05) is 0 Å². The van der Waals surface area contributed by atoms with Gasteiger partial charge in [-0.15, -0.1) is 0 Å². The summed E-state index contributed by atoms with van der Waals surface area (Å²) in [5.74, 6) is -0.369. The summed E-state index contributed by atoms with van der Waals surface area (Å²) >= 11 is 0. The first-order valence-electron chi connectivity index (χ1n) is 9.56. The molecule has 0 aliphatic heterocycles. The number of carbonyl (C=O) groups is 2. The summed E-state index contributed by atoms with van der Waals surface area (Å²) in [6.45, 7) is 3.60. The molecular formula is C20H28F3N3O2. The lowest BCUT2D eigenvalue weighted by Crippen LogP contribution is -2.50. The molecule has 0 heterocycles. The molecule has 0 aromatic heterocycles. The van der Waals surface area contributed by atoms with Crippen molar-refractivity contribution in [2.45, 2.75) is 57.8 Å². The van der Waals surface area contributed by atoms with E-state index >= 15 is 0 Å². The van der Waals surface area contributed by atoms with Gasteiger partial charge in [-0.3, -0.25) is 14.5 Å². The molecule has 3 atom stereocenters. The molecule has 0 spiro atoms. The summed E-state index contributed by atoms with van der Waals surface area (Å²) in [7, 11) is 1.60. The van der Waals surface area contributed by atoms with Crippen LogP contribution in [0.2, 0.25) is 0 Å². The predicted octanol–water partition coefficient (Wildman–Crippen LogP) is 3.66. The number of halogens is 3. The lowest BCUT2D eigenvalue weighted by molar-refractivity contribution is -0.137. The number of alkyl halides is 3. The van der Waals surface area contributed by atoms with Crippen molar-refractivity contribution in [3.63, 3.8) is 0 Å². The van der Waals surface area contributed by atoms with Crippen molar-refractivity contribution in [1.29, 1.82) is 0 Å². The van der Waals surface area contributed by atoms with Crippen molar-refractivity contribution >= 4 is 17.5 Å². The molecule has 1 saturated carbocycles. The third kappa shape index (κ3) is 5.95. The Balaban J connectivity index is 1.92. The van der Waals surface area contributed by atoms with Gasteiger partial charge in [0.1, 0.15) is 0 Å². The second-order valence-electron chi connectivity index (χ2n) is 7.56. The number of nitrogens with zero attached hydrogens (tertiary/aromatic N) is 1. The van der Waals surface area contributed by atoms with Gasteiger partial charge < -0.3 is 10.6 Å². The standard InChI is InChI=1S/C20H28F3N3O2/c1-13-8-4-6-10-16(13)25-19(28)14(2)26(3)12-18(27)24-17-11-7-5-9-15(17)20(21,22)23/h5,7,9,11,13-14,16H,4,6,8,10,12H2,1-3H3,(H,24,27)(H,25,28)/t13-,14-,16-/m1/s1. The zero-order valence-corrected chi connectivity index (χ0v) is 16.5. The molecule has 8 heteroatoms. The molecule has 156 valence electrons. The largest absolute Gasteiger partial charge is 0.418 e. The maximum atomic E-state index is 13.0. The number of hydrogen-bond acceptors (Lipinski definition) is 3. The molecule has 1 aliphatic carbocycles. The van der Waals surface area contributed by atoms with Crippen LogP contribution in [0, 0.1) is 5.92 Å². The Morgan fingerprint density at radius 1 is 1.21 bits per heavy atom. The Bertz CT molecular complexity index is 694. The van der Waals surface area contributed by atoms with Gasteiger partial charge in [-0.1, -0.05) is 31.9 Å². The maximum absolute atomic E-state index is 13.0. The average Bonchev–Trinajstić information content (AvgIpc) is 2.62. The number of anilines is 1. The molecule has 2 N–H and O–H groups in total. The third-order valence-corrected chi connectivity index (χ3v) is 5.38. The zero-order valence-electron chi connectivity index (χ0n) is 16.5. The number of likely N-dealkylation sites (N-methyl/N-ethyl adjacent to an activating group) is 1. The number of nitrogens with one attached hydrogen (secondary N) is 2. The fraction of sp³-hybridized carbons (Fsp3) is 0.600. The first-order chi connectivity index (χ1) is 13.1. The van der Waals surface area contributed by atoms with E-state index < -0.39 is 23.7 Å². The van der Waals surface area contributed by atoms with Crippen LogP contribution < -0.4 is 10.6 Å². The fourth-order valence-corrected chi connectivity index (χ4v) is 3.43. The number of carbonyl (C=O) groups excluding carboxylic acids is 2. The van der Waals surface area contributed by atoms with Crippen LogP contribution in [0.5, 0.6) is 0 Å². The normalized spacial score (nSPS) is 21.2. The van der Waals surface area contributed by atoms with Crippen LogP contribution in [0.3, 0.4) is 0 Å². The van der Waals surface area contributed by atoms with Gasteiger partial charge in [0.05, 0.1) is 23.8 Å². The fourth-order valence-electron chi connectivity index (χ4n) is 3.43. The van der Waals surface area contributed by atoms with Crippen LogP contribution in [0.4, 0.5) is 18.9 Å². The second kappa shape index (κ2) is 9.41. The Kier molecular flexibility index (Phi) is 7.46. The molecule has 1 fully saturated rings. The first kappa shape index (κ1) is 22.2. The molecule has 0 bridgehead atoms. The van der Waals surface area contributed by atoms with Crippen molar-refractivity contribution in [3.8, 4) is 0 Å². The Morgan fingerprint density at radius 2 is 1.86 bits per heavy atom. The van der Waals surface area contributed by atoms with Crippen molar-refractivity contribution in [3.05, 3.63) is 29.8 Å². The van der Waals surface area contributed by atoms with E-state index in [-0.39, 0.29) is 24.2 Å². The lowest BCUT2D eigenvalue weighted by Gasteiger charge is -2.32. The summed E-state index contributed by atoms with van der Waals surface area (Å²) in [5.41, 5.74) is -1.19. The van der Waals surface area contributed by atoms with Gasteiger partial charge in [-0.25, -0.2) is 0 Å². The maximum Gasteiger partial charge on any atom is 0.418 e. The van der Waals surface area contributed by atoms with Crippen LogP contribution >= 0.6 is 0 Å². The topological polar surface area (TPSA) is 61.4 Å². The number of rotatable bonds is 6. The van der Waals surface area contributed by atoms with Gasteiger partial charge in [-0.05, 0) is 44.9 Å². The summed E-state index contributed by atoms with van der Waals surface area (Å²) in [4.78, 5) is 26.2. The smallest absolute Gasteiger partial charge is 0.352 e. The van der Waals surface area contributed by atoms with Gasteiger partial charge in [0, 0.05) is 6.04 Å². The Morgan fingerprint density at radius 3 is 2.50 bits per heavy atom. The van der Waals surface area contributed by atoms with Crippen LogP contribution in [0.25, 0.3) is 0 Å². The summed E-state index contributed by atoms with van der Waals surface area (Å²) < 4.78 is 39.1. The summed E-state index contributed by atoms with van der Waals surface area (Å²) in [6, 6.07) is 4.38. The van der Waals surface area contributed by atoms with Crippen molar-refractivity contribution in [1.82, 2.24) is 10.2 Å². The molecule has 2 rings (SSSR count). The average molecular weight is 399 g/mol. The highest BCUT2D eigenvalue weighted by Gasteiger charge is 2.34. The second-order valence-corrected chi connectivity index (χ2v) is 7.56. The monoisotopic (exact) mass is 399 g/mol. The van der Waals surface area contributed by atoms with E-state index in [0.29, 0.717) is 5.92 Å². The SMILES string of the molecule is C[C@@H]1CCCC[C@H]1NC(=O)[C@@H](C)N(C)CC(=O)Nc1ccccc1C(F)(F)F. The minimum absolute atomic E-state index is 0.129. The highest BCUT2D eigenvalue weighted by molar-refractivity contribution is 5.93. The van der Waals surface area contributed by atoms with Crippen LogP contribution in [-0.2, 0) is 15.8 Å². The number of hydrogen-bond donors (Lipinski definition) is 2. The molecule has 0 radical (unpaired) electrons. The van der Waals surface area contributed by atoms with Crippen molar-refractivity contribution < 1.29 is 22.8 Å². The summed E-state index contributed by atoms with van der Waals surface area (Å²) in [6.07, 6.45) is -0.281. The van der Waals surface area contributed by atoms with E-state index in [1.165, 1.54) is 29.5 Å². The van der Waals surface area contributed by atoms with Crippen LogP contribution in [0.1, 0.15) is 45.1 Å². The van der Waals surface area contributed by atoms with Crippen LogP contribution in [-0.4, -0.2) is 42.4 Å². The predicted molar refractivity (Wildman–Crippen MR) is 102 cm³/mol. The zero-order chi connectivity index (χ0) is 20.9. The van der Waals surface area contributed by atoms with Crippen molar-refractivity contribution in [2.24, 2.45) is 5.92 Å². The minimum atomic E-state index is -4.56. The highest BCUT2D eigenvalue weighted by atomic mass is 19.4. The molecular weight excluding hydrogens is 371 g/mol. The minimum Gasteiger partial charge on any atom is -0.352 e. The highest BCUT2D eigenvalue weighted by Crippen LogP contribution is 2.34. The molecule has 1 aromatic rings. The van der Waals surface area contributed by atoms with E-state index in [9.17, 15) is 22.8 Å². The number of para-hydroxylation sites is 1. The van der Waals surface area contributed by atoms with Crippen LogP contribution in [0.15, 0.2) is 24.3 Å². The molecule has 1 aliphatic rings. The molecule has 0 saturated heterocycles. The molecule has 5 nitrogen and oxygen atoms in total. The van der Waals surface area contributed by atoms with Gasteiger partial charge in [-0.2, -0.15) is 13.2 Å². The molecule has 1 aromatic carbocycles. The summed E-state index contributed by atoms with van der Waals surface area (Å²) in [5, 5.41) is 5.34. The number of amides is 2. The van der Waals surface area contributed by atoms with Gasteiger partial charge >= 0.3 is 6.18 Å². The van der Waals surface area contributed by atoms with E-state index in [4.69, 9.17) is 0 Å². The van der Waals surface area contributed by atoms with Gasteiger partial charge in [0.25, 0.3) is 0 Å². The van der Waals surface area contributed by atoms with Gasteiger partial charge in [0.15, 0.2) is 0 Å². The molecule has 2 amide bonds. The molecule has 28 heavy (non-hydrogen) atoms. The van der Waals surface area contributed by atoms with E-state index in [0.717, 1.165) is 25.3 Å². The van der Waals surface area contributed by atoms with E-state index in [1.54, 1.807) is 14.0 Å². The Labute approximate surface area is 163 Å². The van der Waals surface area contributed by atoms with Gasteiger partial charge in [0.2, 0.25) is 11.8 Å². The third-order valence-electron chi connectivity index (χ3n) is 5.38. The van der Waals surface area contributed by atoms with Crippen molar-refractivity contribution in [2.75, 3.05) is 18.9 Å².